The molecule has 0 aliphatic carbocycles. The monoisotopic (exact) mass is 170 g/mol. The minimum absolute atomic E-state index is 0.281. The van der Waals surface area contributed by atoms with Gasteiger partial charge >= 0.3 is 0 Å². The lowest BCUT2D eigenvalue weighted by atomic mass is 10.4. The molecule has 0 unspecified atom stereocenters. The lowest BCUT2D eigenvalue weighted by Crippen LogP contribution is -1.90. The Labute approximate surface area is 69.1 Å². The molecule has 58 valence electrons. The molecule has 0 fully saturated rings. The number of nitrogens with zero attached hydrogens (tertiary/aromatic N) is 3. The summed E-state index contributed by atoms with van der Waals surface area (Å²) in [7, 11) is 0. The van der Waals surface area contributed by atoms with Crippen molar-refractivity contribution in [2.45, 2.75) is 6.92 Å². The first-order valence-electron chi connectivity index (χ1n) is 2.97. The van der Waals surface area contributed by atoms with Gasteiger partial charge in [-0.05, 0) is 6.92 Å². The van der Waals surface area contributed by atoms with Crippen molar-refractivity contribution in [3.63, 3.8) is 0 Å². The van der Waals surface area contributed by atoms with E-state index in [9.17, 15) is 0 Å². The molecular weight excluding hydrogens is 164 g/mol. The summed E-state index contributed by atoms with van der Waals surface area (Å²) in [4.78, 5) is 11.3. The SMILES string of the molecule is Cc1cnc(/N=C\N)nc1Cl. The third kappa shape index (κ3) is 1.88. The zero-order valence-electron chi connectivity index (χ0n) is 5.95. The molecule has 0 radical (unpaired) electrons. The number of hydrogen-bond donors (Lipinski definition) is 1. The number of hydrogen-bond acceptors (Lipinski definition) is 3. The Morgan fingerprint density at radius 2 is 2.45 bits per heavy atom. The van der Waals surface area contributed by atoms with Crippen molar-refractivity contribution in [3.05, 3.63) is 16.9 Å². The minimum atomic E-state index is 0.281. The summed E-state index contributed by atoms with van der Waals surface area (Å²) in [6.45, 7) is 1.82. The molecule has 11 heavy (non-hydrogen) atoms. The molecule has 1 rings (SSSR count). The molecule has 0 aliphatic heterocycles. The van der Waals surface area contributed by atoms with Gasteiger partial charge in [-0.15, -0.1) is 0 Å². The molecule has 0 amide bonds. The molecule has 5 heteroatoms. The molecule has 0 atom stereocenters. The van der Waals surface area contributed by atoms with Crippen molar-refractivity contribution >= 4 is 23.9 Å². The van der Waals surface area contributed by atoms with Crippen LogP contribution in [0.5, 0.6) is 0 Å². The summed E-state index contributed by atoms with van der Waals surface area (Å²) in [6.07, 6.45) is 2.72. The zero-order valence-corrected chi connectivity index (χ0v) is 6.71. The molecule has 0 aromatic carbocycles. The Balaban J connectivity index is 3.05. The fourth-order valence-corrected chi connectivity index (χ4v) is 0.666. The average molecular weight is 171 g/mol. The van der Waals surface area contributed by atoms with E-state index >= 15 is 0 Å². The van der Waals surface area contributed by atoms with E-state index in [0.717, 1.165) is 11.9 Å². The second-order valence-electron chi connectivity index (χ2n) is 1.92. The van der Waals surface area contributed by atoms with Crippen LogP contribution in [0.2, 0.25) is 5.15 Å². The van der Waals surface area contributed by atoms with E-state index < -0.39 is 0 Å². The number of halogens is 1. The highest BCUT2D eigenvalue weighted by atomic mass is 35.5. The van der Waals surface area contributed by atoms with E-state index in [1.165, 1.54) is 0 Å². The predicted molar refractivity (Wildman–Crippen MR) is 44.1 cm³/mol. The minimum Gasteiger partial charge on any atom is -0.390 e. The van der Waals surface area contributed by atoms with Gasteiger partial charge in [-0.1, -0.05) is 11.6 Å². The first-order chi connectivity index (χ1) is 5.24. The van der Waals surface area contributed by atoms with Gasteiger partial charge in [-0.3, -0.25) is 0 Å². The van der Waals surface area contributed by atoms with E-state index in [0.29, 0.717) is 5.15 Å². The van der Waals surface area contributed by atoms with Gasteiger partial charge < -0.3 is 5.73 Å². The Morgan fingerprint density at radius 3 is 3.00 bits per heavy atom. The van der Waals surface area contributed by atoms with Gasteiger partial charge in [0.25, 0.3) is 5.95 Å². The second-order valence-corrected chi connectivity index (χ2v) is 2.28. The summed E-state index contributed by atoms with van der Waals surface area (Å²) in [5.41, 5.74) is 5.86. The largest absolute Gasteiger partial charge is 0.390 e. The molecular formula is C6H7ClN4. The first-order valence-corrected chi connectivity index (χ1v) is 3.35. The number of aromatic nitrogens is 2. The van der Waals surface area contributed by atoms with E-state index in [4.69, 9.17) is 17.3 Å². The third-order valence-electron chi connectivity index (χ3n) is 1.09. The molecule has 0 aliphatic rings. The smallest absolute Gasteiger partial charge is 0.252 e. The van der Waals surface area contributed by atoms with Gasteiger partial charge in [-0.25, -0.2) is 9.98 Å². The highest BCUT2D eigenvalue weighted by molar-refractivity contribution is 6.30. The van der Waals surface area contributed by atoms with Crippen LogP contribution in [0.1, 0.15) is 5.56 Å². The molecule has 0 bridgehead atoms. The summed E-state index contributed by atoms with van der Waals surface area (Å²) in [5, 5.41) is 0.403. The standard InChI is InChI=1S/C6H7ClN4/c1-4-2-9-6(10-3-8)11-5(4)7/h2-3H,1H3,(H2,8,9,10,11). The molecule has 4 nitrogen and oxygen atoms in total. The predicted octanol–water partition coefficient (Wildman–Crippen LogP) is 1.06. The summed E-state index contributed by atoms with van der Waals surface area (Å²) < 4.78 is 0. The van der Waals surface area contributed by atoms with Crippen molar-refractivity contribution in [1.82, 2.24) is 9.97 Å². The highest BCUT2D eigenvalue weighted by Crippen LogP contribution is 2.13. The average Bonchev–Trinajstić information content (AvgIpc) is 1.98. The first kappa shape index (κ1) is 7.94. The Hall–Kier alpha value is -1.16. The van der Waals surface area contributed by atoms with Gasteiger partial charge in [0.1, 0.15) is 5.15 Å². The van der Waals surface area contributed by atoms with E-state index in [1.807, 2.05) is 6.92 Å². The van der Waals surface area contributed by atoms with Crippen LogP contribution >= 0.6 is 11.6 Å². The highest BCUT2D eigenvalue weighted by Gasteiger charge is 1.97. The Bertz CT molecular complexity index is 284. The fourth-order valence-electron chi connectivity index (χ4n) is 0.542. The quantitative estimate of drug-likeness (QED) is 0.389. The van der Waals surface area contributed by atoms with Crippen molar-refractivity contribution in [2.24, 2.45) is 10.7 Å². The number of nitrogens with two attached hydrogens (primary N) is 1. The Kier molecular flexibility index (Phi) is 2.38. The molecule has 0 saturated heterocycles. The second kappa shape index (κ2) is 3.30. The van der Waals surface area contributed by atoms with Gasteiger partial charge in [0.05, 0.1) is 6.34 Å². The van der Waals surface area contributed by atoms with Crippen LogP contribution in [0.15, 0.2) is 11.2 Å². The lowest BCUT2D eigenvalue weighted by Gasteiger charge is -1.94. The lowest BCUT2D eigenvalue weighted by molar-refractivity contribution is 1.11. The number of aryl methyl sites for hydroxylation is 1. The van der Waals surface area contributed by atoms with Crippen molar-refractivity contribution in [1.29, 1.82) is 0 Å². The van der Waals surface area contributed by atoms with E-state index in [2.05, 4.69) is 15.0 Å². The third-order valence-corrected chi connectivity index (χ3v) is 1.47. The summed E-state index contributed by atoms with van der Waals surface area (Å²) in [6, 6.07) is 0. The fraction of sp³-hybridized carbons (Fsp3) is 0.167. The van der Waals surface area contributed by atoms with E-state index in [1.54, 1.807) is 6.20 Å². The molecule has 1 aromatic rings. The van der Waals surface area contributed by atoms with Crippen LogP contribution in [0, 0.1) is 6.92 Å². The van der Waals surface area contributed by atoms with Crippen LogP contribution in [0.3, 0.4) is 0 Å². The molecule has 1 heterocycles. The molecule has 1 aromatic heterocycles. The van der Waals surface area contributed by atoms with Gasteiger partial charge in [0, 0.05) is 11.8 Å². The van der Waals surface area contributed by atoms with Crippen molar-refractivity contribution in [2.75, 3.05) is 0 Å². The number of aliphatic imine (C=N–C) groups is 1. The van der Waals surface area contributed by atoms with Crippen LogP contribution in [-0.4, -0.2) is 16.3 Å². The van der Waals surface area contributed by atoms with Crippen LogP contribution in [0.25, 0.3) is 0 Å². The maximum atomic E-state index is 5.68. The van der Waals surface area contributed by atoms with Crippen LogP contribution in [-0.2, 0) is 0 Å². The zero-order chi connectivity index (χ0) is 8.27. The molecule has 0 spiro atoms. The molecule has 2 N–H and O–H groups in total. The molecule has 0 saturated carbocycles. The Morgan fingerprint density at radius 1 is 1.73 bits per heavy atom. The van der Waals surface area contributed by atoms with Crippen molar-refractivity contribution < 1.29 is 0 Å². The maximum absolute atomic E-state index is 5.68. The maximum Gasteiger partial charge on any atom is 0.252 e. The normalized spacial score (nSPS) is 10.7. The van der Waals surface area contributed by atoms with Gasteiger partial charge in [0.15, 0.2) is 0 Å². The van der Waals surface area contributed by atoms with Gasteiger partial charge in [-0.2, -0.15) is 4.98 Å². The van der Waals surface area contributed by atoms with Crippen LogP contribution < -0.4 is 5.73 Å². The summed E-state index contributed by atoms with van der Waals surface area (Å²) >= 11 is 5.68. The summed E-state index contributed by atoms with van der Waals surface area (Å²) in [5.74, 6) is 0.281. The van der Waals surface area contributed by atoms with Crippen molar-refractivity contribution in [3.8, 4) is 0 Å². The van der Waals surface area contributed by atoms with Crippen LogP contribution in [0.4, 0.5) is 5.95 Å². The topological polar surface area (TPSA) is 64.2 Å². The van der Waals surface area contributed by atoms with E-state index in [-0.39, 0.29) is 5.95 Å². The van der Waals surface area contributed by atoms with Gasteiger partial charge in [0.2, 0.25) is 0 Å². The number of rotatable bonds is 1.